The molecular weight excluding hydrogens is 294 g/mol. The van der Waals surface area contributed by atoms with Crippen molar-refractivity contribution in [2.45, 2.75) is 0 Å². The normalized spacial score (nSPS) is 10.6. The lowest BCUT2D eigenvalue weighted by molar-refractivity contribution is 0.355. The van der Waals surface area contributed by atoms with Gasteiger partial charge in [-0.1, -0.05) is 11.6 Å². The molecule has 0 aliphatic heterocycles. The van der Waals surface area contributed by atoms with E-state index in [0.717, 1.165) is 5.69 Å². The predicted molar refractivity (Wildman–Crippen MR) is 78.6 cm³/mol. The predicted octanol–water partition coefficient (Wildman–Crippen LogP) is 2.54. The highest BCUT2D eigenvalue weighted by Crippen LogP contribution is 2.30. The number of benzene rings is 1. The Bertz CT molecular complexity index is 789. The van der Waals surface area contributed by atoms with Crippen LogP contribution >= 0.6 is 11.6 Å². The highest BCUT2D eigenvalue weighted by atomic mass is 35.5. The van der Waals surface area contributed by atoms with Gasteiger partial charge in [0.25, 0.3) is 0 Å². The fourth-order valence-electron chi connectivity index (χ4n) is 1.88. The van der Waals surface area contributed by atoms with E-state index >= 15 is 0 Å². The first-order valence-corrected chi connectivity index (χ1v) is 6.45. The third kappa shape index (κ3) is 2.55. The van der Waals surface area contributed by atoms with Crippen LogP contribution in [0.15, 0.2) is 30.6 Å². The quantitative estimate of drug-likeness (QED) is 0.798. The second-order valence-corrected chi connectivity index (χ2v) is 4.47. The largest absolute Gasteiger partial charge is 0.493 e. The summed E-state index contributed by atoms with van der Waals surface area (Å²) in [7, 11) is 3.17. The molecule has 0 unspecified atom stereocenters. The van der Waals surface area contributed by atoms with Crippen LogP contribution < -0.4 is 14.8 Å². The number of rotatable bonds is 4. The van der Waals surface area contributed by atoms with Gasteiger partial charge >= 0.3 is 0 Å². The van der Waals surface area contributed by atoms with Crippen molar-refractivity contribution in [2.75, 3.05) is 19.5 Å². The van der Waals surface area contributed by atoms with E-state index in [4.69, 9.17) is 21.1 Å². The summed E-state index contributed by atoms with van der Waals surface area (Å²) in [5.74, 6) is 1.68. The van der Waals surface area contributed by atoms with Gasteiger partial charge in [-0.3, -0.25) is 0 Å². The van der Waals surface area contributed by atoms with Crippen LogP contribution in [-0.2, 0) is 0 Å². The average molecular weight is 306 g/mol. The maximum Gasteiger partial charge on any atom is 0.247 e. The minimum atomic E-state index is 0.297. The summed E-state index contributed by atoms with van der Waals surface area (Å²) < 4.78 is 12.0. The summed E-state index contributed by atoms with van der Waals surface area (Å²) >= 11 is 5.96. The van der Waals surface area contributed by atoms with Crippen LogP contribution in [0.2, 0.25) is 5.15 Å². The fourth-order valence-corrected chi connectivity index (χ4v) is 2.07. The number of nitrogens with one attached hydrogen (secondary N) is 1. The number of nitrogens with zero attached hydrogens (tertiary/aromatic N) is 4. The summed E-state index contributed by atoms with van der Waals surface area (Å²) in [5.41, 5.74) is 1.26. The molecule has 0 fully saturated rings. The third-order valence-electron chi connectivity index (χ3n) is 2.85. The molecule has 7 nitrogen and oxygen atoms in total. The van der Waals surface area contributed by atoms with Crippen molar-refractivity contribution in [3.8, 4) is 11.5 Å². The van der Waals surface area contributed by atoms with Crippen LogP contribution in [0.1, 0.15) is 0 Å². The molecule has 0 saturated heterocycles. The van der Waals surface area contributed by atoms with Crippen LogP contribution in [-0.4, -0.2) is 33.8 Å². The number of hydrogen-bond acceptors (Lipinski definition) is 6. The highest BCUT2D eigenvalue weighted by molar-refractivity contribution is 6.32. The first kappa shape index (κ1) is 13.4. The van der Waals surface area contributed by atoms with Crippen molar-refractivity contribution in [3.63, 3.8) is 0 Å². The molecular formula is C13H12ClN5O2. The van der Waals surface area contributed by atoms with Crippen molar-refractivity contribution >= 4 is 28.9 Å². The van der Waals surface area contributed by atoms with Crippen molar-refractivity contribution in [1.82, 2.24) is 19.6 Å². The third-order valence-corrected chi connectivity index (χ3v) is 3.12. The Morgan fingerprint density at radius 1 is 1.19 bits per heavy atom. The van der Waals surface area contributed by atoms with Crippen LogP contribution in [0.5, 0.6) is 11.5 Å². The van der Waals surface area contributed by atoms with E-state index in [9.17, 15) is 0 Å². The number of aromatic nitrogens is 4. The van der Waals surface area contributed by atoms with E-state index in [1.807, 2.05) is 6.07 Å². The van der Waals surface area contributed by atoms with Crippen molar-refractivity contribution in [1.29, 1.82) is 0 Å². The number of hydrogen-bond donors (Lipinski definition) is 1. The van der Waals surface area contributed by atoms with Crippen LogP contribution in [0, 0.1) is 0 Å². The maximum atomic E-state index is 5.96. The highest BCUT2D eigenvalue weighted by Gasteiger charge is 2.09. The number of halogens is 1. The van der Waals surface area contributed by atoms with E-state index in [1.165, 1.54) is 0 Å². The molecule has 3 rings (SSSR count). The van der Waals surface area contributed by atoms with Gasteiger partial charge in [0.05, 0.1) is 14.2 Å². The first-order valence-electron chi connectivity index (χ1n) is 6.07. The van der Waals surface area contributed by atoms with Crippen molar-refractivity contribution in [2.24, 2.45) is 0 Å². The average Bonchev–Trinajstić information content (AvgIpc) is 2.91. The van der Waals surface area contributed by atoms with E-state index in [-0.39, 0.29) is 0 Å². The van der Waals surface area contributed by atoms with Gasteiger partial charge in [0.2, 0.25) is 5.95 Å². The molecule has 0 spiro atoms. The van der Waals surface area contributed by atoms with Crippen molar-refractivity contribution in [3.05, 3.63) is 35.7 Å². The van der Waals surface area contributed by atoms with Gasteiger partial charge in [0.1, 0.15) is 0 Å². The topological polar surface area (TPSA) is 73.6 Å². The Morgan fingerprint density at radius 3 is 2.71 bits per heavy atom. The molecule has 0 aliphatic rings. The summed E-state index contributed by atoms with van der Waals surface area (Å²) in [6.07, 6.45) is 3.23. The molecule has 0 aliphatic carbocycles. The monoisotopic (exact) mass is 305 g/mol. The minimum absolute atomic E-state index is 0.297. The first-order chi connectivity index (χ1) is 10.2. The molecule has 0 saturated carbocycles. The number of ether oxygens (including phenoxy) is 2. The number of anilines is 2. The molecule has 1 aromatic carbocycles. The van der Waals surface area contributed by atoms with E-state index in [1.54, 1.807) is 43.3 Å². The summed E-state index contributed by atoms with van der Waals surface area (Å²) in [5, 5.41) is 7.64. The second kappa shape index (κ2) is 5.45. The molecule has 3 aromatic rings. The molecule has 0 atom stereocenters. The van der Waals surface area contributed by atoms with E-state index in [2.05, 4.69) is 20.4 Å². The summed E-state index contributed by atoms with van der Waals surface area (Å²) in [6.45, 7) is 0. The second-order valence-electron chi connectivity index (χ2n) is 4.12. The van der Waals surface area contributed by atoms with Crippen molar-refractivity contribution < 1.29 is 9.47 Å². The number of methoxy groups -OCH3 is 2. The molecule has 0 radical (unpaired) electrons. The zero-order valence-electron chi connectivity index (χ0n) is 11.4. The van der Waals surface area contributed by atoms with Gasteiger partial charge in [-0.25, -0.2) is 9.50 Å². The SMILES string of the molecule is COc1ccc(Nc2nc3c(Cl)nccn3n2)cc1OC. The fraction of sp³-hybridized carbons (Fsp3) is 0.154. The molecule has 2 heterocycles. The van der Waals surface area contributed by atoms with E-state index in [0.29, 0.717) is 28.2 Å². The summed E-state index contributed by atoms with van der Waals surface area (Å²) in [4.78, 5) is 8.24. The maximum absolute atomic E-state index is 5.96. The Balaban J connectivity index is 1.93. The Kier molecular flexibility index (Phi) is 3.49. The lowest BCUT2D eigenvalue weighted by Gasteiger charge is -2.09. The molecule has 0 amide bonds. The zero-order chi connectivity index (χ0) is 14.8. The lowest BCUT2D eigenvalue weighted by atomic mass is 10.3. The Morgan fingerprint density at radius 2 is 2.00 bits per heavy atom. The molecule has 0 bridgehead atoms. The molecule has 21 heavy (non-hydrogen) atoms. The van der Waals surface area contributed by atoms with E-state index < -0.39 is 0 Å². The van der Waals surface area contributed by atoms with Gasteiger partial charge in [-0.2, -0.15) is 4.98 Å². The minimum Gasteiger partial charge on any atom is -0.493 e. The Labute approximate surface area is 125 Å². The van der Waals surface area contributed by atoms with Gasteiger partial charge in [-0.05, 0) is 12.1 Å². The van der Waals surface area contributed by atoms with Gasteiger partial charge in [-0.15, -0.1) is 5.10 Å². The van der Waals surface area contributed by atoms with Gasteiger partial charge < -0.3 is 14.8 Å². The molecule has 1 N–H and O–H groups in total. The van der Waals surface area contributed by atoms with Crippen LogP contribution in [0.3, 0.4) is 0 Å². The van der Waals surface area contributed by atoms with Crippen LogP contribution in [0.25, 0.3) is 5.65 Å². The summed E-state index contributed by atoms with van der Waals surface area (Å²) in [6, 6.07) is 5.43. The van der Waals surface area contributed by atoms with Gasteiger partial charge in [0.15, 0.2) is 22.3 Å². The smallest absolute Gasteiger partial charge is 0.247 e. The molecule has 2 aromatic heterocycles. The zero-order valence-corrected chi connectivity index (χ0v) is 12.1. The lowest BCUT2D eigenvalue weighted by Crippen LogP contribution is -1.95. The molecule has 108 valence electrons. The van der Waals surface area contributed by atoms with Gasteiger partial charge in [0, 0.05) is 24.1 Å². The standard InChI is InChI=1S/C13H12ClN5O2/c1-20-9-4-3-8(7-10(9)21-2)16-13-17-12-11(14)15-5-6-19(12)18-13/h3-7H,1-2H3,(H,16,18). The van der Waals surface area contributed by atoms with Crippen LogP contribution in [0.4, 0.5) is 11.6 Å². The molecule has 8 heteroatoms. The number of fused-ring (bicyclic) bond motifs is 1. The Hall–Kier alpha value is -2.54.